The predicted molar refractivity (Wildman–Crippen MR) is 73.2 cm³/mol. The molecule has 1 saturated heterocycles. The van der Waals surface area contributed by atoms with Gasteiger partial charge in [0.15, 0.2) is 0 Å². The molecule has 0 aromatic heterocycles. The maximum Gasteiger partial charge on any atom is 0.0472 e. The average Bonchev–Trinajstić information content (AvgIpc) is 2.29. The third-order valence-electron chi connectivity index (χ3n) is 4.08. The molecular weight excluding hydrogens is 266 g/mol. The highest BCUT2D eigenvalue weighted by atomic mass is 79.9. The molecular formula is C13H26BrNO. The molecule has 0 radical (unpaired) electrons. The summed E-state index contributed by atoms with van der Waals surface area (Å²) in [5.74, 6) is 0.720. The summed E-state index contributed by atoms with van der Waals surface area (Å²) in [6.45, 7) is 9.95. The van der Waals surface area contributed by atoms with Crippen LogP contribution in [0.2, 0.25) is 0 Å². The van der Waals surface area contributed by atoms with Gasteiger partial charge in [-0.05, 0) is 38.1 Å². The summed E-state index contributed by atoms with van der Waals surface area (Å²) < 4.78 is 5.48. The van der Waals surface area contributed by atoms with E-state index < -0.39 is 0 Å². The van der Waals surface area contributed by atoms with Gasteiger partial charge in [0.05, 0.1) is 0 Å². The van der Waals surface area contributed by atoms with E-state index in [1.165, 1.54) is 19.4 Å². The van der Waals surface area contributed by atoms with Crippen molar-refractivity contribution in [3.8, 4) is 0 Å². The van der Waals surface area contributed by atoms with Crippen LogP contribution in [-0.4, -0.2) is 43.1 Å². The molecule has 1 heterocycles. The van der Waals surface area contributed by atoms with E-state index in [0.717, 1.165) is 24.5 Å². The van der Waals surface area contributed by atoms with Gasteiger partial charge in [0.2, 0.25) is 0 Å². The van der Waals surface area contributed by atoms with Gasteiger partial charge in [-0.1, -0.05) is 29.8 Å². The normalized spacial score (nSPS) is 22.7. The lowest BCUT2D eigenvalue weighted by Gasteiger charge is -2.41. The first-order chi connectivity index (χ1) is 7.51. The summed E-state index contributed by atoms with van der Waals surface area (Å²) in [5.41, 5.74) is 0.427. The lowest BCUT2D eigenvalue weighted by molar-refractivity contribution is 0.00387. The molecule has 96 valence electrons. The van der Waals surface area contributed by atoms with Gasteiger partial charge >= 0.3 is 0 Å². The Morgan fingerprint density at radius 1 is 1.25 bits per heavy atom. The fourth-order valence-corrected chi connectivity index (χ4v) is 3.06. The van der Waals surface area contributed by atoms with Crippen LogP contribution in [0.15, 0.2) is 0 Å². The van der Waals surface area contributed by atoms with E-state index in [9.17, 15) is 0 Å². The molecule has 0 bridgehead atoms. The molecule has 1 aliphatic rings. The van der Waals surface area contributed by atoms with E-state index in [1.807, 2.05) is 0 Å². The largest absolute Gasteiger partial charge is 0.381 e. The first-order valence-corrected chi connectivity index (χ1v) is 7.47. The summed E-state index contributed by atoms with van der Waals surface area (Å²) in [5, 5.41) is 1.10. The SMILES string of the molecule is CC(C)C(C)N(C)CC1(CBr)CCOCC1. The quantitative estimate of drug-likeness (QED) is 0.722. The van der Waals surface area contributed by atoms with Crippen LogP contribution in [0, 0.1) is 11.3 Å². The van der Waals surface area contributed by atoms with Crippen molar-refractivity contribution in [1.29, 1.82) is 0 Å². The van der Waals surface area contributed by atoms with Crippen LogP contribution in [0.3, 0.4) is 0 Å². The zero-order chi connectivity index (χ0) is 12.2. The second-order valence-corrected chi connectivity index (χ2v) is 6.21. The van der Waals surface area contributed by atoms with Crippen LogP contribution >= 0.6 is 15.9 Å². The maximum absolute atomic E-state index is 5.48. The molecule has 0 spiro atoms. The van der Waals surface area contributed by atoms with Crippen molar-refractivity contribution < 1.29 is 4.74 Å². The topological polar surface area (TPSA) is 12.5 Å². The van der Waals surface area contributed by atoms with Gasteiger partial charge in [0.25, 0.3) is 0 Å². The number of alkyl halides is 1. The molecule has 1 atom stereocenters. The predicted octanol–water partition coefficient (Wildman–Crippen LogP) is 3.15. The van der Waals surface area contributed by atoms with Crippen molar-refractivity contribution in [2.24, 2.45) is 11.3 Å². The first kappa shape index (κ1) is 14.5. The molecule has 2 nitrogen and oxygen atoms in total. The van der Waals surface area contributed by atoms with Crippen LogP contribution in [0.25, 0.3) is 0 Å². The Morgan fingerprint density at radius 3 is 2.25 bits per heavy atom. The smallest absolute Gasteiger partial charge is 0.0472 e. The maximum atomic E-state index is 5.48. The lowest BCUT2D eigenvalue weighted by atomic mass is 9.81. The van der Waals surface area contributed by atoms with Crippen molar-refractivity contribution >= 4 is 15.9 Å². The fourth-order valence-electron chi connectivity index (χ4n) is 2.32. The van der Waals surface area contributed by atoms with Gasteiger partial charge in [0, 0.05) is 31.1 Å². The Hall–Kier alpha value is 0.400. The van der Waals surface area contributed by atoms with E-state index in [4.69, 9.17) is 4.74 Å². The molecule has 16 heavy (non-hydrogen) atoms. The number of hydrogen-bond donors (Lipinski definition) is 0. The van der Waals surface area contributed by atoms with Crippen molar-refractivity contribution in [3.63, 3.8) is 0 Å². The minimum Gasteiger partial charge on any atom is -0.381 e. The van der Waals surface area contributed by atoms with Crippen LogP contribution in [0.1, 0.15) is 33.6 Å². The zero-order valence-corrected chi connectivity index (χ0v) is 12.7. The standard InChI is InChI=1S/C13H26BrNO/c1-11(2)12(3)15(4)10-13(9-14)5-7-16-8-6-13/h11-12H,5-10H2,1-4H3. The van der Waals surface area contributed by atoms with Crippen LogP contribution in [0.4, 0.5) is 0 Å². The lowest BCUT2D eigenvalue weighted by Crippen LogP contribution is -2.45. The number of halogens is 1. The van der Waals surface area contributed by atoms with Crippen LogP contribution < -0.4 is 0 Å². The number of hydrogen-bond acceptors (Lipinski definition) is 2. The van der Waals surface area contributed by atoms with E-state index in [2.05, 4.69) is 48.6 Å². The monoisotopic (exact) mass is 291 g/mol. The zero-order valence-electron chi connectivity index (χ0n) is 11.1. The van der Waals surface area contributed by atoms with Crippen molar-refractivity contribution in [3.05, 3.63) is 0 Å². The molecule has 0 aromatic carbocycles. The Bertz CT molecular complexity index is 202. The Kier molecular flexibility index (Phi) is 5.75. The van der Waals surface area contributed by atoms with Gasteiger partial charge in [-0.15, -0.1) is 0 Å². The molecule has 0 aromatic rings. The molecule has 1 unspecified atom stereocenters. The number of ether oxygens (including phenoxy) is 1. The minimum absolute atomic E-state index is 0.427. The second kappa shape index (κ2) is 6.36. The second-order valence-electron chi connectivity index (χ2n) is 5.65. The van der Waals surface area contributed by atoms with Crippen molar-refractivity contribution in [1.82, 2.24) is 4.90 Å². The van der Waals surface area contributed by atoms with Gasteiger partial charge in [-0.3, -0.25) is 0 Å². The van der Waals surface area contributed by atoms with E-state index >= 15 is 0 Å². The molecule has 1 rings (SSSR count). The van der Waals surface area contributed by atoms with Gasteiger partial charge < -0.3 is 9.64 Å². The van der Waals surface area contributed by atoms with Gasteiger partial charge in [-0.2, -0.15) is 0 Å². The molecule has 1 aliphatic heterocycles. The van der Waals surface area contributed by atoms with Gasteiger partial charge in [0.1, 0.15) is 0 Å². The number of rotatable bonds is 5. The van der Waals surface area contributed by atoms with Crippen molar-refractivity contribution in [2.75, 3.05) is 32.1 Å². The highest BCUT2D eigenvalue weighted by Crippen LogP contribution is 2.34. The minimum atomic E-state index is 0.427. The Labute approximate surface area is 109 Å². The molecule has 0 saturated carbocycles. The van der Waals surface area contributed by atoms with Crippen LogP contribution in [-0.2, 0) is 4.74 Å². The van der Waals surface area contributed by atoms with Gasteiger partial charge in [-0.25, -0.2) is 0 Å². The third kappa shape index (κ3) is 3.71. The molecule has 0 aliphatic carbocycles. The highest BCUT2D eigenvalue weighted by molar-refractivity contribution is 9.09. The van der Waals surface area contributed by atoms with Crippen LogP contribution in [0.5, 0.6) is 0 Å². The first-order valence-electron chi connectivity index (χ1n) is 6.35. The van der Waals surface area contributed by atoms with E-state index in [0.29, 0.717) is 11.5 Å². The summed E-state index contributed by atoms with van der Waals surface area (Å²) in [6.07, 6.45) is 2.38. The van der Waals surface area contributed by atoms with E-state index in [1.54, 1.807) is 0 Å². The van der Waals surface area contributed by atoms with E-state index in [-0.39, 0.29) is 0 Å². The average molecular weight is 292 g/mol. The molecule has 0 amide bonds. The van der Waals surface area contributed by atoms with Crippen molar-refractivity contribution in [2.45, 2.75) is 39.7 Å². The third-order valence-corrected chi connectivity index (χ3v) is 5.27. The summed E-state index contributed by atoms with van der Waals surface area (Å²) >= 11 is 3.70. The highest BCUT2D eigenvalue weighted by Gasteiger charge is 2.33. The Morgan fingerprint density at radius 2 is 1.81 bits per heavy atom. The molecule has 3 heteroatoms. The fraction of sp³-hybridized carbons (Fsp3) is 1.00. The summed E-state index contributed by atoms with van der Waals surface area (Å²) in [6, 6.07) is 0.652. The molecule has 1 fully saturated rings. The summed E-state index contributed by atoms with van der Waals surface area (Å²) in [4.78, 5) is 2.51. The summed E-state index contributed by atoms with van der Waals surface area (Å²) in [7, 11) is 2.25. The molecule has 0 N–H and O–H groups in total. The number of nitrogens with zero attached hydrogens (tertiary/aromatic N) is 1. The Balaban J connectivity index is 2.54.